The summed E-state index contributed by atoms with van der Waals surface area (Å²) in [5, 5.41) is 3.99. The number of carbonyl (C=O) groups excluding carboxylic acids is 1. The minimum Gasteiger partial charge on any atom is -0.469 e. The molecule has 0 N–H and O–H groups in total. The molecule has 0 aliphatic carbocycles. The van der Waals surface area contributed by atoms with E-state index in [1.807, 2.05) is 13.8 Å². The summed E-state index contributed by atoms with van der Waals surface area (Å²) < 4.78 is 15.6. The quantitative estimate of drug-likeness (QED) is 0.715. The highest BCUT2D eigenvalue weighted by Crippen LogP contribution is 2.18. The van der Waals surface area contributed by atoms with Gasteiger partial charge in [0, 0.05) is 31.8 Å². The van der Waals surface area contributed by atoms with Crippen molar-refractivity contribution in [2.75, 3.05) is 26.8 Å². The molecule has 1 aliphatic heterocycles. The van der Waals surface area contributed by atoms with Crippen LogP contribution in [0, 0.1) is 13.8 Å². The van der Waals surface area contributed by atoms with E-state index in [1.54, 1.807) is 0 Å². The number of esters is 1. The minimum absolute atomic E-state index is 0.189. The van der Waals surface area contributed by atoms with Gasteiger partial charge in [0.05, 0.1) is 25.3 Å². The lowest BCUT2D eigenvalue weighted by Crippen LogP contribution is -2.34. The maximum absolute atomic E-state index is 11.4. The van der Waals surface area contributed by atoms with E-state index >= 15 is 0 Å². The van der Waals surface area contributed by atoms with Gasteiger partial charge in [0.25, 0.3) is 0 Å². The Labute approximate surface area is 125 Å². The van der Waals surface area contributed by atoms with Gasteiger partial charge in [0.15, 0.2) is 0 Å². The number of aryl methyl sites for hydroxylation is 2. The van der Waals surface area contributed by atoms with Crippen LogP contribution in [0.5, 0.6) is 0 Å². The Balaban J connectivity index is 1.98. The van der Waals surface area contributed by atoms with Gasteiger partial charge in [0.1, 0.15) is 5.76 Å². The number of nitrogens with zero attached hydrogens (tertiary/aromatic N) is 2. The van der Waals surface area contributed by atoms with E-state index in [2.05, 4.69) is 10.1 Å². The standard InChI is InChI=1S/C15H24N2O4/c1-11-14(12(2)21-16-11)10-17(7-6-15(18)19-3)9-13-5-4-8-20-13/h13H,4-10H2,1-3H3. The van der Waals surface area contributed by atoms with Crippen LogP contribution in [-0.4, -0.2) is 48.9 Å². The molecule has 1 aromatic heterocycles. The Morgan fingerprint density at radius 2 is 2.29 bits per heavy atom. The molecule has 0 radical (unpaired) electrons. The van der Waals surface area contributed by atoms with E-state index in [9.17, 15) is 4.79 Å². The van der Waals surface area contributed by atoms with E-state index in [1.165, 1.54) is 7.11 Å². The number of aromatic nitrogens is 1. The third kappa shape index (κ3) is 4.54. The number of carbonyl (C=O) groups is 1. The molecule has 2 rings (SSSR count). The van der Waals surface area contributed by atoms with Gasteiger partial charge in [-0.3, -0.25) is 9.69 Å². The average Bonchev–Trinajstić information content (AvgIpc) is 3.09. The van der Waals surface area contributed by atoms with Gasteiger partial charge in [-0.1, -0.05) is 5.16 Å². The molecule has 6 heteroatoms. The molecule has 0 amide bonds. The minimum atomic E-state index is -0.189. The first-order valence-electron chi connectivity index (χ1n) is 7.42. The normalized spacial score (nSPS) is 18.4. The first kappa shape index (κ1) is 16.0. The van der Waals surface area contributed by atoms with Crippen molar-refractivity contribution in [3.8, 4) is 0 Å². The average molecular weight is 296 g/mol. The zero-order valence-electron chi connectivity index (χ0n) is 13.1. The molecule has 1 aromatic rings. The van der Waals surface area contributed by atoms with Crippen LogP contribution in [0.4, 0.5) is 0 Å². The van der Waals surface area contributed by atoms with E-state index in [-0.39, 0.29) is 12.1 Å². The first-order chi connectivity index (χ1) is 10.1. The fourth-order valence-electron chi connectivity index (χ4n) is 2.61. The molecule has 118 valence electrons. The summed E-state index contributed by atoms with van der Waals surface area (Å²) >= 11 is 0. The van der Waals surface area contributed by atoms with Crippen molar-refractivity contribution in [3.05, 3.63) is 17.0 Å². The van der Waals surface area contributed by atoms with Gasteiger partial charge >= 0.3 is 5.97 Å². The highest BCUT2D eigenvalue weighted by atomic mass is 16.5. The second kappa shape index (κ2) is 7.56. The molecular weight excluding hydrogens is 272 g/mol. The van der Waals surface area contributed by atoms with Gasteiger partial charge in [-0.15, -0.1) is 0 Å². The van der Waals surface area contributed by atoms with Gasteiger partial charge in [-0.05, 0) is 26.7 Å². The van der Waals surface area contributed by atoms with Crippen LogP contribution in [0.1, 0.15) is 36.3 Å². The molecule has 1 aliphatic rings. The Morgan fingerprint density at radius 1 is 1.48 bits per heavy atom. The van der Waals surface area contributed by atoms with Crippen LogP contribution in [-0.2, 0) is 20.8 Å². The summed E-state index contributed by atoms with van der Waals surface area (Å²) in [4.78, 5) is 13.6. The Bertz CT molecular complexity index is 447. The molecule has 2 heterocycles. The molecule has 0 spiro atoms. The Morgan fingerprint density at radius 3 is 2.86 bits per heavy atom. The van der Waals surface area contributed by atoms with Crippen LogP contribution >= 0.6 is 0 Å². The van der Waals surface area contributed by atoms with Crippen molar-refractivity contribution in [1.29, 1.82) is 0 Å². The molecule has 1 unspecified atom stereocenters. The van der Waals surface area contributed by atoms with Crippen LogP contribution < -0.4 is 0 Å². The lowest BCUT2D eigenvalue weighted by atomic mass is 10.1. The molecule has 21 heavy (non-hydrogen) atoms. The van der Waals surface area contributed by atoms with Crippen molar-refractivity contribution in [2.45, 2.75) is 45.8 Å². The molecule has 6 nitrogen and oxygen atoms in total. The first-order valence-corrected chi connectivity index (χ1v) is 7.42. The highest BCUT2D eigenvalue weighted by Gasteiger charge is 2.22. The molecule has 1 atom stereocenters. The maximum Gasteiger partial charge on any atom is 0.306 e. The predicted molar refractivity (Wildman–Crippen MR) is 76.9 cm³/mol. The topological polar surface area (TPSA) is 64.8 Å². The maximum atomic E-state index is 11.4. The Hall–Kier alpha value is -1.40. The smallest absolute Gasteiger partial charge is 0.306 e. The third-order valence-electron chi connectivity index (χ3n) is 3.91. The summed E-state index contributed by atoms with van der Waals surface area (Å²) in [5.41, 5.74) is 2.00. The molecule has 0 aromatic carbocycles. The third-order valence-corrected chi connectivity index (χ3v) is 3.91. The summed E-state index contributed by atoms with van der Waals surface area (Å²) in [6.07, 6.45) is 2.83. The zero-order chi connectivity index (χ0) is 15.2. The molecule has 1 fully saturated rings. The number of ether oxygens (including phenoxy) is 2. The van der Waals surface area contributed by atoms with E-state index < -0.39 is 0 Å². The zero-order valence-corrected chi connectivity index (χ0v) is 13.1. The Kier molecular flexibility index (Phi) is 5.76. The molecular formula is C15H24N2O4. The number of hydrogen-bond donors (Lipinski definition) is 0. The van der Waals surface area contributed by atoms with Crippen molar-refractivity contribution < 1.29 is 18.8 Å². The lowest BCUT2D eigenvalue weighted by Gasteiger charge is -2.24. The van der Waals surface area contributed by atoms with E-state index in [0.29, 0.717) is 13.0 Å². The van der Waals surface area contributed by atoms with E-state index in [0.717, 1.165) is 49.6 Å². The SMILES string of the molecule is COC(=O)CCN(Cc1c(C)noc1C)CC1CCCO1. The second-order valence-corrected chi connectivity index (χ2v) is 5.50. The highest BCUT2D eigenvalue weighted by molar-refractivity contribution is 5.69. The van der Waals surface area contributed by atoms with Gasteiger partial charge in [-0.25, -0.2) is 0 Å². The number of hydrogen-bond acceptors (Lipinski definition) is 6. The van der Waals surface area contributed by atoms with Crippen molar-refractivity contribution in [1.82, 2.24) is 10.1 Å². The fourth-order valence-corrected chi connectivity index (χ4v) is 2.61. The summed E-state index contributed by atoms with van der Waals surface area (Å²) in [7, 11) is 1.42. The second-order valence-electron chi connectivity index (χ2n) is 5.50. The van der Waals surface area contributed by atoms with Crippen LogP contribution in [0.2, 0.25) is 0 Å². The van der Waals surface area contributed by atoms with Gasteiger partial charge in [0.2, 0.25) is 0 Å². The fraction of sp³-hybridized carbons (Fsp3) is 0.733. The number of rotatable bonds is 7. The van der Waals surface area contributed by atoms with Crippen molar-refractivity contribution >= 4 is 5.97 Å². The summed E-state index contributed by atoms with van der Waals surface area (Å²) in [6, 6.07) is 0. The molecule has 0 saturated carbocycles. The molecule has 1 saturated heterocycles. The monoisotopic (exact) mass is 296 g/mol. The van der Waals surface area contributed by atoms with Crippen molar-refractivity contribution in [3.63, 3.8) is 0 Å². The van der Waals surface area contributed by atoms with Crippen LogP contribution in [0.15, 0.2) is 4.52 Å². The molecule has 0 bridgehead atoms. The van der Waals surface area contributed by atoms with E-state index in [4.69, 9.17) is 14.0 Å². The van der Waals surface area contributed by atoms with Crippen LogP contribution in [0.3, 0.4) is 0 Å². The van der Waals surface area contributed by atoms with Crippen molar-refractivity contribution in [2.24, 2.45) is 0 Å². The van der Waals surface area contributed by atoms with Gasteiger partial charge in [-0.2, -0.15) is 0 Å². The number of methoxy groups -OCH3 is 1. The summed E-state index contributed by atoms with van der Waals surface area (Å²) in [6.45, 7) is 6.88. The largest absolute Gasteiger partial charge is 0.469 e. The summed E-state index contributed by atoms with van der Waals surface area (Å²) in [5.74, 6) is 0.647. The lowest BCUT2D eigenvalue weighted by molar-refractivity contribution is -0.141. The van der Waals surface area contributed by atoms with Crippen LogP contribution in [0.25, 0.3) is 0 Å². The van der Waals surface area contributed by atoms with Gasteiger partial charge < -0.3 is 14.0 Å². The predicted octanol–water partition coefficient (Wildman–Crippen LogP) is 1.84.